The van der Waals surface area contributed by atoms with E-state index in [-0.39, 0.29) is 17.6 Å². The summed E-state index contributed by atoms with van der Waals surface area (Å²) in [5.41, 5.74) is 3.12. The van der Waals surface area contributed by atoms with Crippen molar-refractivity contribution in [3.63, 3.8) is 0 Å². The van der Waals surface area contributed by atoms with Crippen molar-refractivity contribution < 1.29 is 9.13 Å². The van der Waals surface area contributed by atoms with Crippen LogP contribution < -0.4 is 10.1 Å². The van der Waals surface area contributed by atoms with Gasteiger partial charge in [-0.05, 0) is 43.3 Å². The van der Waals surface area contributed by atoms with Crippen LogP contribution in [0.2, 0.25) is 0 Å². The summed E-state index contributed by atoms with van der Waals surface area (Å²) in [6, 6.07) is 9.05. The van der Waals surface area contributed by atoms with Crippen molar-refractivity contribution in [2.24, 2.45) is 0 Å². The lowest BCUT2D eigenvalue weighted by Gasteiger charge is -2.17. The lowest BCUT2D eigenvalue weighted by Crippen LogP contribution is -2.19. The number of hydrogen-bond donors (Lipinski definition) is 1. The van der Waals surface area contributed by atoms with Crippen LogP contribution in [-0.2, 0) is 6.42 Å². The van der Waals surface area contributed by atoms with Gasteiger partial charge in [0.2, 0.25) is 0 Å². The SMILES string of the molecule is CNC(Cc1ccc(C)cn1)c1ccc(F)c(OC)c1. The summed E-state index contributed by atoms with van der Waals surface area (Å²) in [6.45, 7) is 2.01. The van der Waals surface area contributed by atoms with E-state index in [4.69, 9.17) is 4.74 Å². The largest absolute Gasteiger partial charge is 0.494 e. The van der Waals surface area contributed by atoms with E-state index in [1.165, 1.54) is 13.2 Å². The van der Waals surface area contributed by atoms with E-state index in [2.05, 4.69) is 10.3 Å². The molecule has 0 fully saturated rings. The van der Waals surface area contributed by atoms with Crippen molar-refractivity contribution in [3.05, 3.63) is 59.2 Å². The molecule has 1 N–H and O–H groups in total. The van der Waals surface area contributed by atoms with E-state index < -0.39 is 0 Å². The summed E-state index contributed by atoms with van der Waals surface area (Å²) in [5, 5.41) is 3.23. The van der Waals surface area contributed by atoms with Gasteiger partial charge >= 0.3 is 0 Å². The molecule has 1 atom stereocenters. The average molecular weight is 274 g/mol. The van der Waals surface area contributed by atoms with Gasteiger partial charge in [0.15, 0.2) is 11.6 Å². The number of methoxy groups -OCH3 is 1. The molecule has 0 saturated carbocycles. The predicted molar refractivity (Wildman–Crippen MR) is 77.4 cm³/mol. The summed E-state index contributed by atoms with van der Waals surface area (Å²) < 4.78 is 18.5. The predicted octanol–water partition coefficient (Wildman–Crippen LogP) is 3.04. The molecule has 0 spiro atoms. The number of rotatable bonds is 5. The zero-order valence-electron chi connectivity index (χ0n) is 12.0. The highest BCUT2D eigenvalue weighted by molar-refractivity contribution is 5.33. The Morgan fingerprint density at radius 3 is 2.70 bits per heavy atom. The number of likely N-dealkylation sites (N-methyl/N-ethyl adjacent to an activating group) is 1. The lowest BCUT2D eigenvalue weighted by molar-refractivity contribution is 0.385. The number of halogens is 1. The summed E-state index contributed by atoms with van der Waals surface area (Å²) in [6.07, 6.45) is 2.60. The summed E-state index contributed by atoms with van der Waals surface area (Å²) >= 11 is 0. The summed E-state index contributed by atoms with van der Waals surface area (Å²) in [5.74, 6) is -0.0841. The third kappa shape index (κ3) is 3.33. The Morgan fingerprint density at radius 1 is 1.30 bits per heavy atom. The standard InChI is InChI=1S/C16H19FN2O/c1-11-4-6-13(19-10-11)9-15(18-2)12-5-7-14(17)16(8-12)20-3/h4-8,10,15,18H,9H2,1-3H3. The van der Waals surface area contributed by atoms with Crippen LogP contribution >= 0.6 is 0 Å². The van der Waals surface area contributed by atoms with Gasteiger partial charge in [0.25, 0.3) is 0 Å². The fraction of sp³-hybridized carbons (Fsp3) is 0.312. The van der Waals surface area contributed by atoms with Crippen LogP contribution in [0.3, 0.4) is 0 Å². The van der Waals surface area contributed by atoms with E-state index in [1.54, 1.807) is 12.1 Å². The van der Waals surface area contributed by atoms with Gasteiger partial charge in [0.05, 0.1) is 7.11 Å². The first-order chi connectivity index (χ1) is 9.63. The van der Waals surface area contributed by atoms with Crippen molar-refractivity contribution in [2.75, 3.05) is 14.2 Å². The number of aryl methyl sites for hydroxylation is 1. The molecule has 20 heavy (non-hydrogen) atoms. The van der Waals surface area contributed by atoms with Crippen molar-refractivity contribution in [3.8, 4) is 5.75 Å². The van der Waals surface area contributed by atoms with Crippen molar-refractivity contribution >= 4 is 0 Å². The number of hydrogen-bond acceptors (Lipinski definition) is 3. The van der Waals surface area contributed by atoms with Crippen molar-refractivity contribution in [2.45, 2.75) is 19.4 Å². The molecular formula is C16H19FN2O. The van der Waals surface area contributed by atoms with Crippen LogP contribution in [0.4, 0.5) is 4.39 Å². The molecule has 4 heteroatoms. The summed E-state index contributed by atoms with van der Waals surface area (Å²) in [7, 11) is 3.35. The molecule has 1 aromatic heterocycles. The number of nitrogens with zero attached hydrogens (tertiary/aromatic N) is 1. The maximum absolute atomic E-state index is 13.5. The molecule has 106 valence electrons. The monoisotopic (exact) mass is 274 g/mol. The highest BCUT2D eigenvalue weighted by Crippen LogP contribution is 2.24. The Labute approximate surface area is 118 Å². The molecule has 1 aromatic carbocycles. The van der Waals surface area contributed by atoms with Crippen molar-refractivity contribution in [1.82, 2.24) is 10.3 Å². The number of ether oxygens (including phenoxy) is 1. The van der Waals surface area contributed by atoms with Gasteiger partial charge in [-0.3, -0.25) is 4.98 Å². The molecule has 1 heterocycles. The first-order valence-corrected chi connectivity index (χ1v) is 6.56. The first kappa shape index (κ1) is 14.5. The molecule has 0 aliphatic rings. The Balaban J connectivity index is 2.21. The van der Waals surface area contributed by atoms with Gasteiger partial charge in [-0.15, -0.1) is 0 Å². The lowest BCUT2D eigenvalue weighted by atomic mass is 10.0. The Bertz CT molecular complexity index is 569. The molecular weight excluding hydrogens is 255 g/mol. The molecule has 0 radical (unpaired) electrons. The van der Waals surface area contributed by atoms with Gasteiger partial charge in [0.1, 0.15) is 0 Å². The second-order valence-corrected chi connectivity index (χ2v) is 4.77. The minimum Gasteiger partial charge on any atom is -0.494 e. The van der Waals surface area contributed by atoms with E-state index in [9.17, 15) is 4.39 Å². The Morgan fingerprint density at radius 2 is 2.10 bits per heavy atom. The van der Waals surface area contributed by atoms with Crippen molar-refractivity contribution in [1.29, 1.82) is 0 Å². The molecule has 2 rings (SSSR count). The molecule has 0 aliphatic heterocycles. The Kier molecular flexibility index (Phi) is 4.69. The van der Waals surface area contributed by atoms with Gasteiger partial charge in [0, 0.05) is 24.4 Å². The highest BCUT2D eigenvalue weighted by atomic mass is 19.1. The smallest absolute Gasteiger partial charge is 0.165 e. The van der Waals surface area contributed by atoms with E-state index in [0.717, 1.165) is 23.2 Å². The number of pyridine rings is 1. The second kappa shape index (κ2) is 6.48. The quantitative estimate of drug-likeness (QED) is 0.910. The van der Waals surface area contributed by atoms with Gasteiger partial charge < -0.3 is 10.1 Å². The average Bonchev–Trinajstić information content (AvgIpc) is 2.47. The summed E-state index contributed by atoms with van der Waals surface area (Å²) in [4.78, 5) is 4.41. The van der Waals surface area contributed by atoms with Crippen LogP contribution in [0.15, 0.2) is 36.5 Å². The van der Waals surface area contributed by atoms with Crippen LogP contribution in [0.25, 0.3) is 0 Å². The van der Waals surface area contributed by atoms with Crippen LogP contribution in [0.1, 0.15) is 22.9 Å². The number of aromatic nitrogens is 1. The van der Waals surface area contributed by atoms with Crippen LogP contribution in [0, 0.1) is 12.7 Å². The third-order valence-electron chi connectivity index (χ3n) is 3.31. The fourth-order valence-corrected chi connectivity index (χ4v) is 2.11. The van der Waals surface area contributed by atoms with Crippen LogP contribution in [-0.4, -0.2) is 19.1 Å². The van der Waals surface area contributed by atoms with Gasteiger partial charge in [-0.2, -0.15) is 0 Å². The number of benzene rings is 1. The zero-order chi connectivity index (χ0) is 14.5. The Hall–Kier alpha value is -1.94. The highest BCUT2D eigenvalue weighted by Gasteiger charge is 2.13. The minimum atomic E-state index is -0.348. The molecule has 1 unspecified atom stereocenters. The van der Waals surface area contributed by atoms with Gasteiger partial charge in [-0.25, -0.2) is 4.39 Å². The maximum Gasteiger partial charge on any atom is 0.165 e. The topological polar surface area (TPSA) is 34.2 Å². The molecule has 3 nitrogen and oxygen atoms in total. The van der Waals surface area contributed by atoms with E-state index in [1.807, 2.05) is 32.3 Å². The fourth-order valence-electron chi connectivity index (χ4n) is 2.11. The number of nitrogens with one attached hydrogen (secondary N) is 1. The minimum absolute atomic E-state index is 0.0692. The first-order valence-electron chi connectivity index (χ1n) is 6.56. The maximum atomic E-state index is 13.5. The zero-order valence-corrected chi connectivity index (χ0v) is 12.0. The molecule has 0 aliphatic carbocycles. The van der Waals surface area contributed by atoms with E-state index in [0.29, 0.717) is 0 Å². The van der Waals surface area contributed by atoms with Gasteiger partial charge in [-0.1, -0.05) is 12.1 Å². The second-order valence-electron chi connectivity index (χ2n) is 4.77. The van der Waals surface area contributed by atoms with E-state index >= 15 is 0 Å². The molecule has 0 amide bonds. The molecule has 2 aromatic rings. The molecule has 0 bridgehead atoms. The van der Waals surface area contributed by atoms with Crippen LogP contribution in [0.5, 0.6) is 5.75 Å². The third-order valence-corrected chi connectivity index (χ3v) is 3.31. The molecule has 0 saturated heterocycles. The normalized spacial score (nSPS) is 12.2.